The van der Waals surface area contributed by atoms with Gasteiger partial charge in [-0.1, -0.05) is 24.3 Å². The molecule has 0 aliphatic carbocycles. The van der Waals surface area contributed by atoms with Crippen LogP contribution in [0.25, 0.3) is 11.1 Å². The number of rotatable bonds is 6. The molecule has 188 valence electrons. The molecule has 0 amide bonds. The van der Waals surface area contributed by atoms with Gasteiger partial charge in [0, 0.05) is 17.7 Å². The van der Waals surface area contributed by atoms with Gasteiger partial charge < -0.3 is 19.7 Å². The van der Waals surface area contributed by atoms with Crippen molar-refractivity contribution in [2.45, 2.75) is 32.4 Å². The number of phenols is 2. The van der Waals surface area contributed by atoms with Crippen LogP contribution in [0.4, 0.5) is 0 Å². The second-order valence-electron chi connectivity index (χ2n) is 9.28. The van der Waals surface area contributed by atoms with Gasteiger partial charge in [-0.15, -0.1) is 0 Å². The Kier molecular flexibility index (Phi) is 6.40. The predicted molar refractivity (Wildman–Crippen MR) is 139 cm³/mol. The molecule has 1 unspecified atom stereocenters. The van der Waals surface area contributed by atoms with E-state index in [1.807, 2.05) is 44.2 Å². The van der Waals surface area contributed by atoms with Crippen molar-refractivity contribution >= 4 is 21.2 Å². The molecular formula is C28H29NO6S. The van der Waals surface area contributed by atoms with E-state index in [2.05, 4.69) is 0 Å². The van der Waals surface area contributed by atoms with Crippen LogP contribution in [-0.2, 0) is 10.0 Å². The molecule has 2 heterocycles. The van der Waals surface area contributed by atoms with E-state index in [1.165, 1.54) is 4.31 Å². The first kappa shape index (κ1) is 24.2. The van der Waals surface area contributed by atoms with Gasteiger partial charge in [0.25, 0.3) is 0 Å². The summed E-state index contributed by atoms with van der Waals surface area (Å²) in [6, 6.07) is 19.4. The van der Waals surface area contributed by atoms with E-state index in [-0.39, 0.29) is 29.9 Å². The number of fused-ring (bicyclic) bond motifs is 1. The minimum absolute atomic E-state index is 0.155. The minimum Gasteiger partial charge on any atom is -0.508 e. The third kappa shape index (κ3) is 4.66. The van der Waals surface area contributed by atoms with Gasteiger partial charge in [-0.25, -0.2) is 8.42 Å². The quantitative estimate of drug-likeness (QED) is 0.489. The third-order valence-electron chi connectivity index (χ3n) is 6.74. The number of aromatic hydroxyl groups is 2. The van der Waals surface area contributed by atoms with Gasteiger partial charge in [0.1, 0.15) is 35.7 Å². The Morgan fingerprint density at radius 1 is 1.06 bits per heavy atom. The van der Waals surface area contributed by atoms with Crippen LogP contribution in [0.2, 0.25) is 0 Å². The van der Waals surface area contributed by atoms with Crippen molar-refractivity contribution in [1.29, 1.82) is 0 Å². The summed E-state index contributed by atoms with van der Waals surface area (Å²) in [6.07, 6.45) is 0.214. The lowest BCUT2D eigenvalue weighted by molar-refractivity contribution is 0.222. The van der Waals surface area contributed by atoms with Crippen molar-refractivity contribution in [3.63, 3.8) is 0 Å². The van der Waals surface area contributed by atoms with Crippen LogP contribution in [0.15, 0.2) is 66.7 Å². The highest BCUT2D eigenvalue weighted by atomic mass is 32.2. The van der Waals surface area contributed by atoms with Gasteiger partial charge in [0.05, 0.1) is 11.8 Å². The first-order valence-corrected chi connectivity index (χ1v) is 13.6. The highest BCUT2D eigenvalue weighted by Gasteiger charge is 2.33. The lowest BCUT2D eigenvalue weighted by Gasteiger charge is -2.31. The largest absolute Gasteiger partial charge is 0.508 e. The van der Waals surface area contributed by atoms with Crippen LogP contribution in [0.5, 0.6) is 23.0 Å². The normalized spacial score (nSPS) is 20.0. The molecule has 0 saturated carbocycles. The van der Waals surface area contributed by atoms with Crippen molar-refractivity contribution in [2.75, 3.05) is 18.9 Å². The lowest BCUT2D eigenvalue weighted by Crippen LogP contribution is -2.38. The summed E-state index contributed by atoms with van der Waals surface area (Å²) in [5, 5.41) is 20.2. The van der Waals surface area contributed by atoms with Crippen molar-refractivity contribution in [3.8, 4) is 23.0 Å². The zero-order chi connectivity index (χ0) is 25.4. The van der Waals surface area contributed by atoms with Gasteiger partial charge in [-0.3, -0.25) is 0 Å². The molecule has 2 aliphatic heterocycles. The van der Waals surface area contributed by atoms with Crippen molar-refractivity contribution in [1.82, 2.24) is 4.31 Å². The average Bonchev–Trinajstić information content (AvgIpc) is 3.22. The van der Waals surface area contributed by atoms with Crippen LogP contribution < -0.4 is 9.47 Å². The summed E-state index contributed by atoms with van der Waals surface area (Å²) in [7, 11) is -3.18. The standard InChI is InChI=1S/C28H29NO6S/c1-18(29-13-4-14-36(29,32)33)17-34-24-10-7-20(8-11-24)28-27(21-5-3-6-22(30)15-21)19(2)25-16-23(31)9-12-26(25)35-28/h3,5-12,15-16,18,28,30-31H,4,13-14,17H2,1-2H3/t18-,28?/m0/s1. The Morgan fingerprint density at radius 3 is 2.50 bits per heavy atom. The zero-order valence-corrected chi connectivity index (χ0v) is 21.0. The maximum Gasteiger partial charge on any atom is 0.214 e. The fraction of sp³-hybridized carbons (Fsp3) is 0.286. The number of nitrogens with zero attached hydrogens (tertiary/aromatic N) is 1. The molecule has 7 nitrogen and oxygen atoms in total. The van der Waals surface area contributed by atoms with E-state index in [9.17, 15) is 18.6 Å². The summed E-state index contributed by atoms with van der Waals surface area (Å²) >= 11 is 0. The number of hydrogen-bond donors (Lipinski definition) is 2. The topological polar surface area (TPSA) is 96.3 Å². The molecule has 2 aliphatic rings. The van der Waals surface area contributed by atoms with Crippen LogP contribution in [0.1, 0.15) is 43.1 Å². The number of phenolic OH excluding ortho intramolecular Hbond substituents is 2. The maximum absolute atomic E-state index is 12.2. The van der Waals surface area contributed by atoms with E-state index < -0.39 is 16.1 Å². The summed E-state index contributed by atoms with van der Waals surface area (Å²) in [5.41, 5.74) is 4.37. The lowest BCUT2D eigenvalue weighted by atomic mass is 9.86. The van der Waals surface area contributed by atoms with Crippen molar-refractivity contribution in [2.24, 2.45) is 0 Å². The zero-order valence-electron chi connectivity index (χ0n) is 20.2. The minimum atomic E-state index is -3.18. The summed E-state index contributed by atoms with van der Waals surface area (Å²) in [4.78, 5) is 0. The summed E-state index contributed by atoms with van der Waals surface area (Å²) in [6.45, 7) is 4.65. The molecule has 36 heavy (non-hydrogen) atoms. The van der Waals surface area contributed by atoms with E-state index in [1.54, 1.807) is 36.4 Å². The molecule has 3 aromatic rings. The van der Waals surface area contributed by atoms with E-state index in [0.29, 0.717) is 24.5 Å². The second kappa shape index (κ2) is 9.52. The molecule has 1 saturated heterocycles. The predicted octanol–water partition coefficient (Wildman–Crippen LogP) is 4.97. The number of allylic oxidation sites excluding steroid dienone is 1. The van der Waals surface area contributed by atoms with E-state index in [4.69, 9.17) is 9.47 Å². The molecule has 5 rings (SSSR count). The molecule has 3 aromatic carbocycles. The average molecular weight is 508 g/mol. The molecule has 0 radical (unpaired) electrons. The van der Waals surface area contributed by atoms with Crippen molar-refractivity contribution < 1.29 is 28.1 Å². The molecule has 0 spiro atoms. The van der Waals surface area contributed by atoms with Gasteiger partial charge in [-0.05, 0) is 79.4 Å². The summed E-state index contributed by atoms with van der Waals surface area (Å²) < 4.78 is 38.2. The Labute approximate surface area is 211 Å². The fourth-order valence-corrected chi connectivity index (χ4v) is 6.65. The Hall–Kier alpha value is -3.49. The van der Waals surface area contributed by atoms with Crippen LogP contribution >= 0.6 is 0 Å². The molecule has 1 fully saturated rings. The number of benzene rings is 3. The number of hydrogen-bond acceptors (Lipinski definition) is 6. The molecule has 8 heteroatoms. The van der Waals surface area contributed by atoms with Gasteiger partial charge in [0.15, 0.2) is 0 Å². The SMILES string of the molecule is CC1=C(c2cccc(O)c2)C(c2ccc(OC[C@H](C)N3CCCS3(=O)=O)cc2)Oc2ccc(O)cc21. The first-order chi connectivity index (χ1) is 17.2. The smallest absolute Gasteiger partial charge is 0.214 e. The molecule has 0 aromatic heterocycles. The fourth-order valence-electron chi connectivity index (χ4n) is 4.91. The Balaban J connectivity index is 1.42. The number of ether oxygens (including phenoxy) is 2. The van der Waals surface area contributed by atoms with Gasteiger partial charge in [-0.2, -0.15) is 4.31 Å². The van der Waals surface area contributed by atoms with Crippen LogP contribution in [0.3, 0.4) is 0 Å². The van der Waals surface area contributed by atoms with Crippen molar-refractivity contribution in [3.05, 3.63) is 83.4 Å². The second-order valence-corrected chi connectivity index (χ2v) is 11.3. The van der Waals surface area contributed by atoms with Gasteiger partial charge >= 0.3 is 0 Å². The van der Waals surface area contributed by atoms with Crippen LogP contribution in [-0.4, -0.2) is 47.9 Å². The highest BCUT2D eigenvalue weighted by molar-refractivity contribution is 7.89. The van der Waals surface area contributed by atoms with Gasteiger partial charge in [0.2, 0.25) is 10.0 Å². The molecule has 0 bridgehead atoms. The molecular weight excluding hydrogens is 478 g/mol. The Morgan fingerprint density at radius 2 is 1.81 bits per heavy atom. The first-order valence-electron chi connectivity index (χ1n) is 12.0. The summed E-state index contributed by atoms with van der Waals surface area (Å²) in [5.74, 6) is 1.82. The Bertz CT molecular complexity index is 1410. The monoisotopic (exact) mass is 507 g/mol. The molecule has 2 atom stereocenters. The van der Waals surface area contributed by atoms with E-state index in [0.717, 1.165) is 27.8 Å². The number of sulfonamides is 1. The highest BCUT2D eigenvalue weighted by Crippen LogP contribution is 2.47. The maximum atomic E-state index is 12.2. The van der Waals surface area contributed by atoms with Crippen LogP contribution in [0, 0.1) is 0 Å². The van der Waals surface area contributed by atoms with E-state index >= 15 is 0 Å². The third-order valence-corrected chi connectivity index (χ3v) is 8.80. The molecule has 2 N–H and O–H groups in total.